The highest BCUT2D eigenvalue weighted by molar-refractivity contribution is 5.97. The molecule has 0 saturated heterocycles. The van der Waals surface area contributed by atoms with Gasteiger partial charge in [0.2, 0.25) is 0 Å². The van der Waals surface area contributed by atoms with Crippen LogP contribution in [0, 0.1) is 5.82 Å². The lowest BCUT2D eigenvalue weighted by molar-refractivity contribution is 0.199. The highest BCUT2D eigenvalue weighted by Gasteiger charge is 2.17. The number of ether oxygens (including phenoxy) is 1. The number of aromatic nitrogens is 6. The Morgan fingerprint density at radius 1 is 1.05 bits per heavy atom. The Bertz CT molecular complexity index is 1870. The molecule has 4 aromatic heterocycles. The summed E-state index contributed by atoms with van der Waals surface area (Å²) in [5, 5.41) is 21.5. The fourth-order valence-corrected chi connectivity index (χ4v) is 4.76. The average Bonchev–Trinajstić information content (AvgIpc) is 3.60. The molecule has 10 nitrogen and oxygen atoms in total. The third-order valence-electron chi connectivity index (χ3n) is 6.96. The van der Waals surface area contributed by atoms with E-state index in [4.69, 9.17) is 9.72 Å². The highest BCUT2D eigenvalue weighted by atomic mass is 19.1. The zero-order chi connectivity index (χ0) is 29.2. The number of likely N-dealkylation sites (N-methyl/N-ethyl adjacent to an activating group) is 1. The first-order valence-corrected chi connectivity index (χ1v) is 13.7. The van der Waals surface area contributed by atoms with E-state index in [1.54, 1.807) is 18.6 Å². The van der Waals surface area contributed by atoms with E-state index in [9.17, 15) is 9.50 Å². The quantitative estimate of drug-likeness (QED) is 0.161. The van der Waals surface area contributed by atoms with Crippen molar-refractivity contribution in [2.24, 2.45) is 0 Å². The molecular formula is C31H31FN8O2. The van der Waals surface area contributed by atoms with E-state index in [-0.39, 0.29) is 5.82 Å². The maximum absolute atomic E-state index is 14.6. The number of pyridine rings is 2. The number of fused-ring (bicyclic) bond motifs is 2. The summed E-state index contributed by atoms with van der Waals surface area (Å²) in [5.74, 6) is 0.605. The second kappa shape index (κ2) is 11.6. The number of hydrogen-bond donors (Lipinski definition) is 4. The van der Waals surface area contributed by atoms with E-state index in [1.807, 2.05) is 62.3 Å². The van der Waals surface area contributed by atoms with Crippen molar-refractivity contribution in [1.29, 1.82) is 0 Å². The van der Waals surface area contributed by atoms with Gasteiger partial charge in [-0.15, -0.1) is 0 Å². The van der Waals surface area contributed by atoms with Gasteiger partial charge in [-0.1, -0.05) is 13.0 Å². The molecule has 6 rings (SSSR count). The Balaban J connectivity index is 1.36. The fraction of sp³-hybridized carbons (Fsp3) is 0.226. The van der Waals surface area contributed by atoms with Crippen LogP contribution in [0.25, 0.3) is 55.8 Å². The number of nitrogens with zero attached hydrogens (tertiary/aromatic N) is 5. The van der Waals surface area contributed by atoms with Gasteiger partial charge >= 0.3 is 0 Å². The van der Waals surface area contributed by atoms with Crippen molar-refractivity contribution in [2.75, 3.05) is 32.6 Å². The zero-order valence-corrected chi connectivity index (χ0v) is 23.5. The lowest BCUT2D eigenvalue weighted by Crippen LogP contribution is -2.19. The van der Waals surface area contributed by atoms with Crippen molar-refractivity contribution in [3.63, 3.8) is 0 Å². The van der Waals surface area contributed by atoms with Crippen LogP contribution in [0.5, 0.6) is 5.75 Å². The predicted molar refractivity (Wildman–Crippen MR) is 162 cm³/mol. The molecule has 2 aromatic carbocycles. The molecule has 0 aliphatic carbocycles. The van der Waals surface area contributed by atoms with Gasteiger partial charge in [0.05, 0.1) is 22.9 Å². The Kier molecular flexibility index (Phi) is 7.51. The van der Waals surface area contributed by atoms with Crippen LogP contribution in [0.1, 0.15) is 13.3 Å². The molecule has 0 saturated carbocycles. The molecule has 0 fully saturated rings. The number of imidazole rings is 1. The first-order chi connectivity index (χ1) is 20.4. The molecular weight excluding hydrogens is 535 g/mol. The number of hydrogen-bond acceptors (Lipinski definition) is 8. The van der Waals surface area contributed by atoms with Gasteiger partial charge in [-0.2, -0.15) is 5.10 Å². The van der Waals surface area contributed by atoms with Crippen molar-refractivity contribution < 1.29 is 14.2 Å². The molecule has 214 valence electrons. The van der Waals surface area contributed by atoms with E-state index in [2.05, 4.69) is 30.5 Å². The summed E-state index contributed by atoms with van der Waals surface area (Å²) in [4.78, 5) is 18.9. The number of aromatic amines is 2. The zero-order valence-electron chi connectivity index (χ0n) is 23.5. The Hall–Kier alpha value is -4.87. The summed E-state index contributed by atoms with van der Waals surface area (Å²) < 4.78 is 20.4. The summed E-state index contributed by atoms with van der Waals surface area (Å²) in [7, 11) is 3.92. The van der Waals surface area contributed by atoms with Gasteiger partial charge in [0.25, 0.3) is 0 Å². The molecule has 6 aromatic rings. The third kappa shape index (κ3) is 5.65. The van der Waals surface area contributed by atoms with Crippen LogP contribution < -0.4 is 10.1 Å². The van der Waals surface area contributed by atoms with Crippen molar-refractivity contribution in [2.45, 2.75) is 19.6 Å². The molecule has 1 atom stereocenters. The van der Waals surface area contributed by atoms with Gasteiger partial charge in [-0.25, -0.2) is 14.4 Å². The lowest BCUT2D eigenvalue weighted by atomic mass is 10.0. The molecule has 0 aliphatic heterocycles. The van der Waals surface area contributed by atoms with Gasteiger partial charge < -0.3 is 25.0 Å². The van der Waals surface area contributed by atoms with Crippen molar-refractivity contribution in [3.05, 3.63) is 72.9 Å². The topological polar surface area (TPSA) is 128 Å². The number of nitrogens with one attached hydrogen (secondary N) is 3. The van der Waals surface area contributed by atoms with E-state index in [0.29, 0.717) is 47.0 Å². The molecule has 0 amide bonds. The second-order valence-corrected chi connectivity index (χ2v) is 10.3. The van der Waals surface area contributed by atoms with Gasteiger partial charge in [0, 0.05) is 41.5 Å². The van der Waals surface area contributed by atoms with Crippen LogP contribution in [0.3, 0.4) is 0 Å². The largest absolute Gasteiger partial charge is 0.492 e. The molecule has 0 aliphatic rings. The number of H-pyrrole nitrogens is 2. The van der Waals surface area contributed by atoms with Crippen LogP contribution in [0.15, 0.2) is 67.1 Å². The smallest absolute Gasteiger partial charge is 0.178 e. The Morgan fingerprint density at radius 2 is 1.93 bits per heavy atom. The van der Waals surface area contributed by atoms with Crippen molar-refractivity contribution in [1.82, 2.24) is 35.0 Å². The van der Waals surface area contributed by atoms with E-state index < -0.39 is 6.23 Å². The summed E-state index contributed by atoms with van der Waals surface area (Å²) in [6.07, 6.45) is 5.04. The monoisotopic (exact) mass is 566 g/mol. The third-order valence-corrected chi connectivity index (χ3v) is 6.96. The summed E-state index contributed by atoms with van der Waals surface area (Å²) >= 11 is 0. The Labute approximate surface area is 241 Å². The van der Waals surface area contributed by atoms with E-state index >= 15 is 0 Å². The number of halogens is 1. The van der Waals surface area contributed by atoms with Crippen LogP contribution in [-0.4, -0.2) is 73.6 Å². The van der Waals surface area contributed by atoms with Crippen LogP contribution in [0.4, 0.5) is 10.1 Å². The number of aliphatic hydroxyl groups excluding tert-OH is 1. The standard InChI is InChI=1S/C31H31FN8O2/c1-4-27(41)35-22-12-20(16-33-17-22)18-5-6-26-25(14-18)29(39-38-26)31-36-28-24(7-8-34-30(28)37-31)19-11-21(32)15-23(13-19)42-10-9-40(2)3/h5-8,11-17,27,35,41H,4,9-10H2,1-3H3,(H,38,39)(H,34,36,37). The summed E-state index contributed by atoms with van der Waals surface area (Å²) in [5.41, 5.74) is 6.59. The van der Waals surface area contributed by atoms with Crippen LogP contribution in [-0.2, 0) is 0 Å². The lowest BCUT2D eigenvalue weighted by Gasteiger charge is -2.12. The van der Waals surface area contributed by atoms with Gasteiger partial charge in [0.1, 0.15) is 30.1 Å². The number of rotatable bonds is 10. The predicted octanol–water partition coefficient (Wildman–Crippen LogP) is 5.45. The minimum atomic E-state index is -0.647. The number of anilines is 1. The van der Waals surface area contributed by atoms with Crippen LogP contribution in [0.2, 0.25) is 0 Å². The van der Waals surface area contributed by atoms with E-state index in [0.717, 1.165) is 39.8 Å². The molecule has 0 spiro atoms. The molecule has 4 N–H and O–H groups in total. The van der Waals surface area contributed by atoms with Gasteiger partial charge in [0.15, 0.2) is 11.5 Å². The maximum atomic E-state index is 14.6. The van der Waals surface area contributed by atoms with Crippen molar-refractivity contribution in [3.8, 4) is 39.5 Å². The second-order valence-electron chi connectivity index (χ2n) is 10.3. The normalized spacial score (nSPS) is 12.3. The minimum Gasteiger partial charge on any atom is -0.492 e. The van der Waals surface area contributed by atoms with Crippen molar-refractivity contribution >= 4 is 27.8 Å². The first kappa shape index (κ1) is 27.3. The van der Waals surface area contributed by atoms with Crippen LogP contribution >= 0.6 is 0 Å². The fourth-order valence-electron chi connectivity index (χ4n) is 4.76. The molecule has 0 bridgehead atoms. The Morgan fingerprint density at radius 3 is 2.76 bits per heavy atom. The summed E-state index contributed by atoms with van der Waals surface area (Å²) in [6, 6.07) is 14.4. The molecule has 42 heavy (non-hydrogen) atoms. The molecule has 11 heteroatoms. The SMILES string of the molecule is CCC(O)Nc1cncc(-c2ccc3[nH]nc(-c4nc5nccc(-c6cc(F)cc(OCCN(C)C)c6)c5[nH]4)c3c2)c1. The maximum Gasteiger partial charge on any atom is 0.178 e. The minimum absolute atomic E-state index is 0.388. The average molecular weight is 567 g/mol. The summed E-state index contributed by atoms with van der Waals surface area (Å²) in [6.45, 7) is 3.06. The molecule has 4 heterocycles. The molecule has 0 radical (unpaired) electrons. The number of benzene rings is 2. The highest BCUT2D eigenvalue weighted by Crippen LogP contribution is 2.34. The number of aliphatic hydroxyl groups is 1. The van der Waals surface area contributed by atoms with Gasteiger partial charge in [-0.05, 0) is 68.0 Å². The van der Waals surface area contributed by atoms with Gasteiger partial charge in [-0.3, -0.25) is 10.1 Å². The first-order valence-electron chi connectivity index (χ1n) is 13.7. The molecule has 1 unspecified atom stereocenters. The van der Waals surface area contributed by atoms with E-state index in [1.165, 1.54) is 12.1 Å².